The predicted octanol–water partition coefficient (Wildman–Crippen LogP) is 4.61. The Morgan fingerprint density at radius 3 is 2.50 bits per heavy atom. The largest absolute Gasteiger partial charge is 0.507 e. The first-order valence-corrected chi connectivity index (χ1v) is 10.9. The van der Waals surface area contributed by atoms with E-state index in [0.717, 1.165) is 0 Å². The molecule has 7 nitrogen and oxygen atoms in total. The highest BCUT2D eigenvalue weighted by molar-refractivity contribution is 6.46. The Hall–Kier alpha value is -3.06. The van der Waals surface area contributed by atoms with E-state index in [2.05, 4.69) is 0 Å². The van der Waals surface area contributed by atoms with Gasteiger partial charge in [0.2, 0.25) is 0 Å². The normalized spacial score (nSPS) is 18.2. The summed E-state index contributed by atoms with van der Waals surface area (Å²) in [5.41, 5.74) is 0.411. The van der Waals surface area contributed by atoms with E-state index in [1.165, 1.54) is 4.90 Å². The minimum atomic E-state index is -0.808. The van der Waals surface area contributed by atoms with Crippen molar-refractivity contribution in [2.45, 2.75) is 59.3 Å². The molecule has 1 unspecified atom stereocenters. The van der Waals surface area contributed by atoms with Crippen LogP contribution < -0.4 is 4.74 Å². The monoisotopic (exact) mass is 441 g/mol. The van der Waals surface area contributed by atoms with Gasteiger partial charge < -0.3 is 23.9 Å². The number of ether oxygens (including phenoxy) is 2. The van der Waals surface area contributed by atoms with Gasteiger partial charge in [-0.25, -0.2) is 0 Å². The number of carbonyl (C=O) groups is 2. The zero-order valence-electron chi connectivity index (χ0n) is 19.3. The molecule has 32 heavy (non-hydrogen) atoms. The number of aliphatic hydroxyl groups is 1. The minimum Gasteiger partial charge on any atom is -0.507 e. The van der Waals surface area contributed by atoms with E-state index < -0.39 is 17.7 Å². The van der Waals surface area contributed by atoms with Crippen LogP contribution in [0.15, 0.2) is 46.4 Å². The van der Waals surface area contributed by atoms with Crippen molar-refractivity contribution < 1.29 is 28.6 Å². The Morgan fingerprint density at radius 2 is 1.88 bits per heavy atom. The molecule has 2 heterocycles. The smallest absolute Gasteiger partial charge is 0.295 e. The highest BCUT2D eigenvalue weighted by atomic mass is 16.5. The molecule has 1 amide bonds. The average Bonchev–Trinajstić information content (AvgIpc) is 3.26. The van der Waals surface area contributed by atoms with Crippen molar-refractivity contribution in [2.75, 3.05) is 13.2 Å². The van der Waals surface area contributed by atoms with Gasteiger partial charge in [0.25, 0.3) is 11.7 Å². The van der Waals surface area contributed by atoms with Gasteiger partial charge in [-0.2, -0.15) is 0 Å². The van der Waals surface area contributed by atoms with Gasteiger partial charge in [0, 0.05) is 18.7 Å². The van der Waals surface area contributed by atoms with E-state index in [9.17, 15) is 14.7 Å². The summed E-state index contributed by atoms with van der Waals surface area (Å²) >= 11 is 0. The van der Waals surface area contributed by atoms with Crippen molar-refractivity contribution in [3.05, 3.63) is 59.1 Å². The molecule has 1 aliphatic rings. The number of hydrogen-bond donors (Lipinski definition) is 1. The summed E-state index contributed by atoms with van der Waals surface area (Å²) in [6.07, 6.45) is 0.588. The summed E-state index contributed by atoms with van der Waals surface area (Å²) in [4.78, 5) is 27.4. The van der Waals surface area contributed by atoms with Crippen LogP contribution in [0.2, 0.25) is 0 Å². The topological polar surface area (TPSA) is 89.2 Å². The lowest BCUT2D eigenvalue weighted by atomic mass is 9.99. The van der Waals surface area contributed by atoms with Crippen LogP contribution in [-0.2, 0) is 14.3 Å². The number of ketones is 1. The Bertz CT molecular complexity index is 1000. The second kappa shape index (κ2) is 10.0. The third-order valence-corrected chi connectivity index (χ3v) is 5.04. The van der Waals surface area contributed by atoms with Crippen LogP contribution in [-0.4, -0.2) is 47.1 Å². The number of likely N-dealkylation sites (tertiary alicyclic amines) is 1. The van der Waals surface area contributed by atoms with Crippen LogP contribution in [0.5, 0.6) is 5.75 Å². The van der Waals surface area contributed by atoms with Gasteiger partial charge in [-0.1, -0.05) is 12.1 Å². The number of rotatable bonds is 9. The zero-order chi connectivity index (χ0) is 23.4. The summed E-state index contributed by atoms with van der Waals surface area (Å²) in [7, 11) is 0. The fourth-order valence-corrected chi connectivity index (χ4v) is 3.71. The second-order valence-electron chi connectivity index (χ2n) is 8.41. The van der Waals surface area contributed by atoms with Gasteiger partial charge in [-0.05, 0) is 65.3 Å². The molecule has 3 rings (SSSR count). The van der Waals surface area contributed by atoms with Gasteiger partial charge in [0.15, 0.2) is 0 Å². The lowest BCUT2D eigenvalue weighted by Crippen LogP contribution is -2.31. The van der Waals surface area contributed by atoms with Crippen LogP contribution in [0.3, 0.4) is 0 Å². The van der Waals surface area contributed by atoms with E-state index in [-0.39, 0.29) is 23.5 Å². The Labute approximate surface area is 188 Å². The van der Waals surface area contributed by atoms with E-state index in [1.54, 1.807) is 43.3 Å². The first-order chi connectivity index (χ1) is 15.2. The Kier molecular flexibility index (Phi) is 7.40. The fourth-order valence-electron chi connectivity index (χ4n) is 3.71. The number of hydrogen-bond acceptors (Lipinski definition) is 6. The number of benzene rings is 1. The van der Waals surface area contributed by atoms with Crippen LogP contribution in [0.25, 0.3) is 5.76 Å². The summed E-state index contributed by atoms with van der Waals surface area (Å²) < 4.78 is 17.1. The van der Waals surface area contributed by atoms with Gasteiger partial charge in [-0.3, -0.25) is 9.59 Å². The molecular weight excluding hydrogens is 410 g/mol. The molecule has 2 aromatic rings. The first-order valence-electron chi connectivity index (χ1n) is 10.9. The maximum Gasteiger partial charge on any atom is 0.295 e. The van der Waals surface area contributed by atoms with E-state index >= 15 is 0 Å². The Balaban J connectivity index is 2.00. The lowest BCUT2D eigenvalue weighted by Gasteiger charge is -2.23. The van der Waals surface area contributed by atoms with Crippen molar-refractivity contribution >= 4 is 17.4 Å². The summed E-state index contributed by atoms with van der Waals surface area (Å²) in [5, 5.41) is 11.1. The molecule has 172 valence electrons. The zero-order valence-corrected chi connectivity index (χ0v) is 19.3. The van der Waals surface area contributed by atoms with Crippen LogP contribution in [0, 0.1) is 6.92 Å². The molecule has 0 aliphatic carbocycles. The van der Waals surface area contributed by atoms with Gasteiger partial charge in [-0.15, -0.1) is 0 Å². The van der Waals surface area contributed by atoms with Crippen molar-refractivity contribution in [3.63, 3.8) is 0 Å². The van der Waals surface area contributed by atoms with Gasteiger partial charge >= 0.3 is 0 Å². The molecule has 1 aliphatic heterocycles. The molecule has 1 saturated heterocycles. The number of amides is 1. The highest BCUT2D eigenvalue weighted by Gasteiger charge is 2.47. The van der Waals surface area contributed by atoms with Crippen molar-refractivity contribution in [2.24, 2.45) is 0 Å². The second-order valence-corrected chi connectivity index (χ2v) is 8.41. The number of furan rings is 1. The molecule has 0 spiro atoms. The van der Waals surface area contributed by atoms with Crippen LogP contribution in [0.1, 0.15) is 57.2 Å². The highest BCUT2D eigenvalue weighted by Crippen LogP contribution is 2.40. The summed E-state index contributed by atoms with van der Waals surface area (Å²) in [6, 6.07) is 9.54. The SMILES string of the molecule is Cc1ccc(C2/C(=C(/O)c3cccc(OC(C)C)c3)C(=O)C(=O)N2CCCOC(C)C)o1. The molecule has 0 radical (unpaired) electrons. The maximum atomic E-state index is 13.0. The standard InChI is InChI=1S/C25H31NO6/c1-15(2)30-13-7-12-26-22(20-11-10-17(5)32-20)21(24(28)25(26)29)23(27)18-8-6-9-19(14-18)31-16(3)4/h6,8-11,14-16,22,27H,7,12-13H2,1-5H3/b23-21-. The van der Waals surface area contributed by atoms with Crippen LogP contribution in [0.4, 0.5) is 0 Å². The molecule has 0 saturated carbocycles. The maximum absolute atomic E-state index is 13.0. The molecular formula is C25H31NO6. The molecule has 1 atom stereocenters. The van der Waals surface area contributed by atoms with Gasteiger partial charge in [0.1, 0.15) is 29.1 Å². The molecule has 1 aromatic heterocycles. The van der Waals surface area contributed by atoms with Gasteiger partial charge in [0.05, 0.1) is 17.8 Å². The van der Waals surface area contributed by atoms with E-state index in [0.29, 0.717) is 42.4 Å². The number of carbonyl (C=O) groups excluding carboxylic acids is 2. The number of aliphatic hydroxyl groups excluding tert-OH is 1. The third-order valence-electron chi connectivity index (χ3n) is 5.04. The molecule has 1 fully saturated rings. The lowest BCUT2D eigenvalue weighted by molar-refractivity contribution is -0.140. The first kappa shape index (κ1) is 23.6. The number of nitrogens with zero attached hydrogens (tertiary/aromatic N) is 1. The third kappa shape index (κ3) is 5.22. The number of aryl methyl sites for hydroxylation is 1. The van der Waals surface area contributed by atoms with Crippen molar-refractivity contribution in [1.29, 1.82) is 0 Å². The van der Waals surface area contributed by atoms with Crippen molar-refractivity contribution in [3.8, 4) is 5.75 Å². The van der Waals surface area contributed by atoms with E-state index in [1.807, 2.05) is 27.7 Å². The van der Waals surface area contributed by atoms with Crippen molar-refractivity contribution in [1.82, 2.24) is 4.90 Å². The average molecular weight is 442 g/mol. The molecule has 1 aromatic carbocycles. The van der Waals surface area contributed by atoms with Crippen LogP contribution >= 0.6 is 0 Å². The van der Waals surface area contributed by atoms with E-state index in [4.69, 9.17) is 13.9 Å². The number of Topliss-reactive ketones (excluding diaryl/α,β-unsaturated/α-hetero) is 1. The minimum absolute atomic E-state index is 0.0100. The Morgan fingerprint density at radius 1 is 1.12 bits per heavy atom. The molecule has 0 bridgehead atoms. The fraction of sp³-hybridized carbons (Fsp3) is 0.440. The molecule has 7 heteroatoms. The quantitative estimate of drug-likeness (QED) is 0.265. The summed E-state index contributed by atoms with van der Waals surface area (Å²) in [5.74, 6) is 0.00182. The predicted molar refractivity (Wildman–Crippen MR) is 120 cm³/mol. The molecule has 1 N–H and O–H groups in total. The summed E-state index contributed by atoms with van der Waals surface area (Å²) in [6.45, 7) is 10.2.